The largest absolute Gasteiger partial charge is 0.462 e. The number of carbonyl (C=O) groups is 2. The third-order valence-corrected chi connectivity index (χ3v) is 5.99. The van der Waals surface area contributed by atoms with Crippen molar-refractivity contribution in [2.75, 3.05) is 18.9 Å². The maximum absolute atomic E-state index is 12.4. The first-order valence-electron chi connectivity index (χ1n) is 11.5. The van der Waals surface area contributed by atoms with Crippen molar-refractivity contribution in [3.8, 4) is 5.75 Å². The molecule has 1 saturated heterocycles. The summed E-state index contributed by atoms with van der Waals surface area (Å²) in [5.41, 5.74) is 7.99. The molecule has 3 unspecified atom stereocenters. The second kappa shape index (κ2) is 11.0. The van der Waals surface area contributed by atoms with Gasteiger partial charge >= 0.3 is 5.97 Å². The van der Waals surface area contributed by atoms with Crippen molar-refractivity contribution in [2.24, 2.45) is 0 Å². The van der Waals surface area contributed by atoms with Crippen molar-refractivity contribution < 1.29 is 39.1 Å². The summed E-state index contributed by atoms with van der Waals surface area (Å²) in [5, 5.41) is 34.8. The van der Waals surface area contributed by atoms with Crippen LogP contribution in [0.2, 0.25) is 0 Å². The van der Waals surface area contributed by atoms with E-state index in [1.54, 1.807) is 36.4 Å². The van der Waals surface area contributed by atoms with E-state index < -0.39 is 43.3 Å². The Morgan fingerprint density at radius 2 is 1.89 bits per heavy atom. The first-order chi connectivity index (χ1) is 17.2. The van der Waals surface area contributed by atoms with E-state index in [2.05, 4.69) is 10.3 Å². The molecule has 2 aromatic carbocycles. The van der Waals surface area contributed by atoms with Crippen LogP contribution in [0, 0.1) is 0 Å². The molecular weight excluding hydrogens is 470 g/mol. The Hall–Kier alpha value is -3.64. The monoisotopic (exact) mass is 499 g/mol. The topological polar surface area (TPSA) is 176 Å². The molecule has 1 aromatic heterocycles. The third-order valence-electron chi connectivity index (χ3n) is 5.99. The maximum Gasteiger partial charge on any atom is 0.340 e. The quantitative estimate of drug-likeness (QED) is 0.190. The minimum Gasteiger partial charge on any atom is -0.462 e. The second-order valence-corrected chi connectivity index (χ2v) is 8.57. The minimum atomic E-state index is -1.60. The Labute approximate surface area is 206 Å². The molecule has 1 fully saturated rings. The molecule has 4 rings (SSSR count). The van der Waals surface area contributed by atoms with Gasteiger partial charge in [-0.1, -0.05) is 12.1 Å². The number of nitrogens with two attached hydrogens (primary N) is 1. The summed E-state index contributed by atoms with van der Waals surface area (Å²) in [6.45, 7) is 1.52. The van der Waals surface area contributed by atoms with E-state index in [0.717, 1.165) is 16.5 Å². The lowest BCUT2D eigenvalue weighted by Crippen LogP contribution is -2.60. The standard InChI is InChI=1S/C25H29N3O8/c1-13(29)27-9-8-14-11-28-19-7-6-15(10-17(14)19)35-25-23(32)22(31)21(30)20(36-25)12-34-24(33)16-4-2-3-5-18(16)26/h2-7,10-11,20-23,25,28,30-32H,8-9,12,26H2,1H3,(H,27,29)/t20?,21-,22?,23?,25-/m1/s1. The number of hydrogen-bond acceptors (Lipinski definition) is 9. The maximum atomic E-state index is 12.4. The fourth-order valence-corrected chi connectivity index (χ4v) is 4.02. The van der Waals surface area contributed by atoms with Crippen LogP contribution in [0.15, 0.2) is 48.7 Å². The number of carbonyl (C=O) groups excluding carboxylic acids is 2. The second-order valence-electron chi connectivity index (χ2n) is 8.57. The van der Waals surface area contributed by atoms with Gasteiger partial charge in [0.1, 0.15) is 36.8 Å². The molecular formula is C25H29N3O8. The molecule has 36 heavy (non-hydrogen) atoms. The number of H-pyrrole nitrogens is 1. The molecule has 0 aliphatic carbocycles. The van der Waals surface area contributed by atoms with E-state index in [4.69, 9.17) is 19.9 Å². The number of hydrogen-bond donors (Lipinski definition) is 6. The number of nitrogen functional groups attached to an aromatic ring is 1. The van der Waals surface area contributed by atoms with Crippen molar-refractivity contribution in [1.82, 2.24) is 10.3 Å². The Morgan fingerprint density at radius 3 is 2.64 bits per heavy atom. The van der Waals surface area contributed by atoms with Gasteiger partial charge in [-0.25, -0.2) is 4.79 Å². The lowest BCUT2D eigenvalue weighted by Gasteiger charge is -2.39. The average Bonchev–Trinajstić information content (AvgIpc) is 3.25. The highest BCUT2D eigenvalue weighted by Crippen LogP contribution is 2.28. The molecule has 5 atom stereocenters. The van der Waals surface area contributed by atoms with Crippen LogP contribution in [-0.4, -0.2) is 76.0 Å². The van der Waals surface area contributed by atoms with E-state index in [1.165, 1.54) is 13.0 Å². The molecule has 0 spiro atoms. The zero-order valence-electron chi connectivity index (χ0n) is 19.6. The molecule has 1 aliphatic heterocycles. The van der Waals surface area contributed by atoms with Gasteiger partial charge < -0.3 is 45.6 Å². The summed E-state index contributed by atoms with van der Waals surface area (Å²) >= 11 is 0. The van der Waals surface area contributed by atoms with Crippen LogP contribution >= 0.6 is 0 Å². The predicted octanol–water partition coefficient (Wildman–Crippen LogP) is 0.472. The van der Waals surface area contributed by atoms with Crippen LogP contribution in [0.25, 0.3) is 10.9 Å². The molecule has 7 N–H and O–H groups in total. The van der Waals surface area contributed by atoms with Crippen LogP contribution in [0.4, 0.5) is 5.69 Å². The first kappa shape index (κ1) is 25.5. The zero-order chi connectivity index (χ0) is 25.8. The number of nitrogens with one attached hydrogen (secondary N) is 2. The van der Waals surface area contributed by atoms with Gasteiger partial charge in [0, 0.05) is 36.3 Å². The van der Waals surface area contributed by atoms with Gasteiger partial charge in [0.25, 0.3) is 0 Å². The summed E-state index contributed by atoms with van der Waals surface area (Å²) in [4.78, 5) is 26.7. The number of para-hydroxylation sites is 1. The van der Waals surface area contributed by atoms with E-state index in [9.17, 15) is 24.9 Å². The molecule has 11 heteroatoms. The number of esters is 1. The van der Waals surface area contributed by atoms with Crippen molar-refractivity contribution >= 4 is 28.5 Å². The van der Waals surface area contributed by atoms with E-state index >= 15 is 0 Å². The minimum absolute atomic E-state index is 0.115. The average molecular weight is 500 g/mol. The fraction of sp³-hybridized carbons (Fsp3) is 0.360. The molecule has 0 saturated carbocycles. The molecule has 0 bridgehead atoms. The van der Waals surface area contributed by atoms with Gasteiger partial charge in [-0.3, -0.25) is 4.79 Å². The molecule has 192 valence electrons. The van der Waals surface area contributed by atoms with Crippen molar-refractivity contribution in [2.45, 2.75) is 44.1 Å². The lowest BCUT2D eigenvalue weighted by molar-refractivity contribution is -0.277. The number of benzene rings is 2. The van der Waals surface area contributed by atoms with Crippen LogP contribution in [-0.2, 0) is 20.7 Å². The smallest absolute Gasteiger partial charge is 0.340 e. The number of anilines is 1. The van der Waals surface area contributed by atoms with Gasteiger partial charge in [-0.05, 0) is 42.3 Å². The van der Waals surface area contributed by atoms with E-state index in [1.807, 2.05) is 6.20 Å². The first-order valence-corrected chi connectivity index (χ1v) is 11.5. The van der Waals surface area contributed by atoms with Crippen LogP contribution in [0.5, 0.6) is 5.75 Å². The lowest BCUT2D eigenvalue weighted by atomic mass is 9.99. The summed E-state index contributed by atoms with van der Waals surface area (Å²) in [6, 6.07) is 11.6. The number of aromatic nitrogens is 1. The van der Waals surface area contributed by atoms with Crippen LogP contribution in [0.3, 0.4) is 0 Å². The Balaban J connectivity index is 1.44. The zero-order valence-corrected chi connectivity index (χ0v) is 19.6. The number of ether oxygens (including phenoxy) is 3. The van der Waals surface area contributed by atoms with Gasteiger partial charge in [0.05, 0.1) is 5.56 Å². The summed E-state index contributed by atoms with van der Waals surface area (Å²) in [5.74, 6) is -0.481. The third kappa shape index (κ3) is 5.60. The van der Waals surface area contributed by atoms with Gasteiger partial charge in [-0.15, -0.1) is 0 Å². The highest BCUT2D eigenvalue weighted by molar-refractivity contribution is 5.95. The summed E-state index contributed by atoms with van der Waals surface area (Å²) < 4.78 is 16.7. The Bertz CT molecular complexity index is 1230. The molecule has 2 heterocycles. The number of amides is 1. The van der Waals surface area contributed by atoms with Crippen molar-refractivity contribution in [3.05, 3.63) is 59.8 Å². The Morgan fingerprint density at radius 1 is 1.11 bits per heavy atom. The molecule has 1 amide bonds. The Kier molecular flexibility index (Phi) is 7.75. The number of fused-ring (bicyclic) bond motifs is 1. The molecule has 11 nitrogen and oxygen atoms in total. The predicted molar refractivity (Wildman–Crippen MR) is 129 cm³/mol. The van der Waals surface area contributed by atoms with Crippen LogP contribution < -0.4 is 15.8 Å². The number of aromatic amines is 1. The summed E-state index contributed by atoms with van der Waals surface area (Å²) in [7, 11) is 0. The number of aliphatic hydroxyl groups excluding tert-OH is 3. The molecule has 0 radical (unpaired) electrons. The van der Waals surface area contributed by atoms with E-state index in [0.29, 0.717) is 18.7 Å². The molecule has 3 aromatic rings. The number of aliphatic hydroxyl groups is 3. The van der Waals surface area contributed by atoms with Gasteiger partial charge in [-0.2, -0.15) is 0 Å². The van der Waals surface area contributed by atoms with Gasteiger partial charge in [0.2, 0.25) is 12.2 Å². The number of rotatable bonds is 8. The fourth-order valence-electron chi connectivity index (χ4n) is 4.02. The van der Waals surface area contributed by atoms with Crippen molar-refractivity contribution in [1.29, 1.82) is 0 Å². The highest BCUT2D eigenvalue weighted by atomic mass is 16.7. The molecule has 1 aliphatic rings. The summed E-state index contributed by atoms with van der Waals surface area (Å²) in [6.07, 6.45) is -4.74. The highest BCUT2D eigenvalue weighted by Gasteiger charge is 2.45. The van der Waals surface area contributed by atoms with Gasteiger partial charge in [0.15, 0.2) is 0 Å². The van der Waals surface area contributed by atoms with Crippen LogP contribution in [0.1, 0.15) is 22.8 Å². The van der Waals surface area contributed by atoms with E-state index in [-0.39, 0.29) is 17.2 Å². The van der Waals surface area contributed by atoms with Crippen molar-refractivity contribution in [3.63, 3.8) is 0 Å². The normalized spacial score (nSPS) is 23.8. The SMILES string of the molecule is CC(=O)NCCc1c[nH]c2ccc(O[C@@H]3OC(COC(=O)c4ccccc4N)[C@@H](O)C(O)C3O)cc12.